The third-order valence-corrected chi connectivity index (χ3v) is 3.67. The van der Waals surface area contributed by atoms with Gasteiger partial charge in [0.05, 0.1) is 11.1 Å². The molecule has 0 unspecified atom stereocenters. The second kappa shape index (κ2) is 7.58. The monoisotopic (exact) mass is 382 g/mol. The van der Waals surface area contributed by atoms with Crippen LogP contribution in [0, 0.1) is 0 Å². The van der Waals surface area contributed by atoms with E-state index in [1.54, 1.807) is 0 Å². The maximum absolute atomic E-state index is 12.0. The van der Waals surface area contributed by atoms with Gasteiger partial charge in [0, 0.05) is 0 Å². The SMILES string of the molecule is O=C(Oc1ccc(OC(=O)c2ccc(O)c(O)c2)cc1)c1ccc(O)c(O)c1. The number of benzene rings is 3. The quantitative estimate of drug-likeness (QED) is 0.307. The Balaban J connectivity index is 1.65. The van der Waals surface area contributed by atoms with Crippen molar-refractivity contribution in [3.05, 3.63) is 71.8 Å². The maximum atomic E-state index is 12.0. The van der Waals surface area contributed by atoms with Gasteiger partial charge in [0.15, 0.2) is 23.0 Å². The van der Waals surface area contributed by atoms with Crippen molar-refractivity contribution in [2.45, 2.75) is 0 Å². The summed E-state index contributed by atoms with van der Waals surface area (Å²) in [5.41, 5.74) is 0.0795. The van der Waals surface area contributed by atoms with Gasteiger partial charge in [0.1, 0.15) is 11.5 Å². The second-order valence-electron chi connectivity index (χ2n) is 5.66. The van der Waals surface area contributed by atoms with Crippen molar-refractivity contribution in [1.82, 2.24) is 0 Å². The highest BCUT2D eigenvalue weighted by Crippen LogP contribution is 2.27. The Kier molecular flexibility index (Phi) is 5.03. The number of hydrogen-bond donors (Lipinski definition) is 4. The topological polar surface area (TPSA) is 134 Å². The van der Waals surface area contributed by atoms with Gasteiger partial charge < -0.3 is 29.9 Å². The van der Waals surface area contributed by atoms with Crippen LogP contribution in [0.4, 0.5) is 0 Å². The fourth-order valence-electron chi connectivity index (χ4n) is 2.21. The first-order valence-electron chi connectivity index (χ1n) is 7.92. The van der Waals surface area contributed by atoms with Gasteiger partial charge in [-0.3, -0.25) is 0 Å². The van der Waals surface area contributed by atoms with Crippen molar-refractivity contribution in [1.29, 1.82) is 0 Å². The van der Waals surface area contributed by atoms with Crippen LogP contribution in [0.25, 0.3) is 0 Å². The lowest BCUT2D eigenvalue weighted by Crippen LogP contribution is -2.09. The molecule has 28 heavy (non-hydrogen) atoms. The highest BCUT2D eigenvalue weighted by molar-refractivity contribution is 5.92. The minimum absolute atomic E-state index is 0.0398. The fraction of sp³-hybridized carbons (Fsp3) is 0. The third-order valence-electron chi connectivity index (χ3n) is 3.67. The number of ether oxygens (including phenoxy) is 2. The lowest BCUT2D eigenvalue weighted by Gasteiger charge is -2.08. The van der Waals surface area contributed by atoms with Crippen LogP contribution in [0.5, 0.6) is 34.5 Å². The number of carbonyl (C=O) groups excluding carboxylic acids is 2. The molecule has 0 amide bonds. The molecule has 142 valence electrons. The Hall–Kier alpha value is -4.20. The molecule has 0 aliphatic rings. The van der Waals surface area contributed by atoms with Gasteiger partial charge in [0.2, 0.25) is 0 Å². The van der Waals surface area contributed by atoms with Crippen LogP contribution in [0.15, 0.2) is 60.7 Å². The summed E-state index contributed by atoms with van der Waals surface area (Å²) in [6.07, 6.45) is 0. The summed E-state index contributed by atoms with van der Waals surface area (Å²) >= 11 is 0. The van der Waals surface area contributed by atoms with E-state index in [-0.39, 0.29) is 34.1 Å². The normalized spacial score (nSPS) is 10.3. The Morgan fingerprint density at radius 2 is 0.893 bits per heavy atom. The number of aromatic hydroxyl groups is 4. The number of carbonyl (C=O) groups is 2. The molecule has 3 aromatic carbocycles. The zero-order chi connectivity index (χ0) is 20.3. The average molecular weight is 382 g/mol. The Bertz CT molecular complexity index is 956. The Morgan fingerprint density at radius 3 is 1.21 bits per heavy atom. The molecule has 0 heterocycles. The highest BCUT2D eigenvalue weighted by atomic mass is 16.5. The van der Waals surface area contributed by atoms with E-state index in [4.69, 9.17) is 9.47 Å². The summed E-state index contributed by atoms with van der Waals surface area (Å²) in [6, 6.07) is 12.6. The molecule has 0 aliphatic carbocycles. The zero-order valence-electron chi connectivity index (χ0n) is 14.2. The van der Waals surface area contributed by atoms with Gasteiger partial charge in [-0.25, -0.2) is 9.59 Å². The molecule has 0 spiro atoms. The molecule has 0 aliphatic heterocycles. The molecule has 0 aromatic heterocycles. The van der Waals surface area contributed by atoms with E-state index in [0.29, 0.717) is 0 Å². The van der Waals surface area contributed by atoms with E-state index in [1.807, 2.05) is 0 Å². The van der Waals surface area contributed by atoms with E-state index >= 15 is 0 Å². The molecule has 0 saturated heterocycles. The molecular formula is C20H14O8. The summed E-state index contributed by atoms with van der Waals surface area (Å²) in [7, 11) is 0. The molecule has 0 radical (unpaired) electrons. The minimum atomic E-state index is -0.750. The second-order valence-corrected chi connectivity index (χ2v) is 5.66. The number of hydrogen-bond acceptors (Lipinski definition) is 8. The molecule has 0 bridgehead atoms. The van der Waals surface area contributed by atoms with Crippen molar-refractivity contribution in [3.8, 4) is 34.5 Å². The lowest BCUT2D eigenvalue weighted by atomic mass is 10.2. The van der Waals surface area contributed by atoms with E-state index in [0.717, 1.165) is 24.3 Å². The first-order valence-corrected chi connectivity index (χ1v) is 7.92. The number of phenolic OH excluding ortho intramolecular Hbond substituents is 4. The van der Waals surface area contributed by atoms with Crippen LogP contribution in [0.1, 0.15) is 20.7 Å². The van der Waals surface area contributed by atoms with Crippen molar-refractivity contribution in [2.24, 2.45) is 0 Å². The summed E-state index contributed by atoms with van der Waals surface area (Å²) in [5.74, 6) is -2.78. The highest BCUT2D eigenvalue weighted by Gasteiger charge is 2.13. The molecule has 4 N–H and O–H groups in total. The molecule has 3 rings (SSSR count). The predicted octanol–water partition coefficient (Wildman–Crippen LogP) is 2.95. The smallest absolute Gasteiger partial charge is 0.343 e. The summed E-state index contributed by atoms with van der Waals surface area (Å²) in [6.45, 7) is 0. The molecule has 0 saturated carbocycles. The minimum Gasteiger partial charge on any atom is -0.504 e. The number of phenols is 4. The van der Waals surface area contributed by atoms with Gasteiger partial charge in [0.25, 0.3) is 0 Å². The van der Waals surface area contributed by atoms with Crippen LogP contribution in [0.3, 0.4) is 0 Å². The van der Waals surface area contributed by atoms with Gasteiger partial charge in [-0.1, -0.05) is 0 Å². The number of rotatable bonds is 4. The molecular weight excluding hydrogens is 368 g/mol. The Labute approximate surface area is 158 Å². The van der Waals surface area contributed by atoms with E-state index < -0.39 is 23.4 Å². The van der Waals surface area contributed by atoms with Crippen LogP contribution in [-0.2, 0) is 0 Å². The van der Waals surface area contributed by atoms with Gasteiger partial charge in [-0.2, -0.15) is 0 Å². The largest absolute Gasteiger partial charge is 0.504 e. The first-order chi connectivity index (χ1) is 13.3. The molecule has 8 nitrogen and oxygen atoms in total. The number of esters is 2. The van der Waals surface area contributed by atoms with Crippen LogP contribution in [0.2, 0.25) is 0 Å². The van der Waals surface area contributed by atoms with Crippen molar-refractivity contribution in [3.63, 3.8) is 0 Å². The molecule has 0 fully saturated rings. The molecule has 8 heteroatoms. The van der Waals surface area contributed by atoms with Crippen LogP contribution < -0.4 is 9.47 Å². The first kappa shape index (κ1) is 18.6. The molecule has 3 aromatic rings. The lowest BCUT2D eigenvalue weighted by molar-refractivity contribution is 0.0719. The fourth-order valence-corrected chi connectivity index (χ4v) is 2.21. The van der Waals surface area contributed by atoms with E-state index in [2.05, 4.69) is 0 Å². The average Bonchev–Trinajstić information content (AvgIpc) is 2.67. The van der Waals surface area contributed by atoms with Crippen molar-refractivity contribution in [2.75, 3.05) is 0 Å². The summed E-state index contributed by atoms with van der Waals surface area (Å²) < 4.78 is 10.3. The maximum Gasteiger partial charge on any atom is 0.343 e. The van der Waals surface area contributed by atoms with Gasteiger partial charge in [-0.15, -0.1) is 0 Å². The Morgan fingerprint density at radius 1 is 0.536 bits per heavy atom. The third kappa shape index (κ3) is 4.13. The zero-order valence-corrected chi connectivity index (χ0v) is 14.2. The van der Waals surface area contributed by atoms with Crippen molar-refractivity contribution >= 4 is 11.9 Å². The van der Waals surface area contributed by atoms with Crippen molar-refractivity contribution < 1.29 is 39.5 Å². The van der Waals surface area contributed by atoms with Crippen LogP contribution in [-0.4, -0.2) is 32.4 Å². The van der Waals surface area contributed by atoms with Gasteiger partial charge >= 0.3 is 11.9 Å². The summed E-state index contributed by atoms with van der Waals surface area (Å²) in [5, 5.41) is 37.4. The van der Waals surface area contributed by atoms with Gasteiger partial charge in [-0.05, 0) is 60.7 Å². The van der Waals surface area contributed by atoms with E-state index in [1.165, 1.54) is 36.4 Å². The van der Waals surface area contributed by atoms with Crippen LogP contribution >= 0.6 is 0 Å². The molecule has 0 atom stereocenters. The van der Waals surface area contributed by atoms with E-state index in [9.17, 15) is 30.0 Å². The standard InChI is InChI=1S/C20H14O8/c21-15-7-1-11(9-17(15)23)19(25)27-13-3-5-14(6-4-13)28-20(26)12-2-8-16(22)18(24)10-12/h1-10,21-24H. The summed E-state index contributed by atoms with van der Waals surface area (Å²) in [4.78, 5) is 24.1. The predicted molar refractivity (Wildman–Crippen MR) is 95.9 cm³/mol.